The molecule has 0 amide bonds. The molecule has 0 heterocycles. The van der Waals surface area contributed by atoms with Crippen LogP contribution < -0.4 is 0 Å². The molecule has 4 nitrogen and oxygen atoms in total. The van der Waals surface area contributed by atoms with Gasteiger partial charge in [0.15, 0.2) is 0 Å². The summed E-state index contributed by atoms with van der Waals surface area (Å²) in [5, 5.41) is -0.919. The number of rotatable bonds is 4. The van der Waals surface area contributed by atoms with E-state index in [1.165, 1.54) is 0 Å². The fraction of sp³-hybridized carbons (Fsp3) is 1.00. The van der Waals surface area contributed by atoms with Crippen LogP contribution in [0.1, 0.15) is 13.3 Å². The van der Waals surface area contributed by atoms with Gasteiger partial charge in [0.25, 0.3) is 10.1 Å². The third-order valence-corrected chi connectivity index (χ3v) is 2.82. The summed E-state index contributed by atoms with van der Waals surface area (Å²) in [6, 6.07) is 0. The normalized spacial score (nSPS) is 15.4. The monoisotopic (exact) mass is 221 g/mol. The summed E-state index contributed by atoms with van der Waals surface area (Å²) < 4.78 is 30.3. The van der Waals surface area contributed by atoms with Gasteiger partial charge in [-0.25, -0.2) is 0 Å². The third kappa shape index (κ3) is 4.81. The van der Waals surface area contributed by atoms with E-state index in [0.717, 1.165) is 0 Å². The first kappa shape index (κ1) is 11.4. The van der Waals surface area contributed by atoms with Crippen molar-refractivity contribution in [3.8, 4) is 0 Å². The van der Waals surface area contributed by atoms with Crippen LogP contribution in [0.4, 0.5) is 0 Å². The predicted octanol–water partition coefficient (Wildman–Crippen LogP) is 1.26. The largest absolute Gasteiger partial charge is 0.285 e. The molecule has 0 spiro atoms. The first-order chi connectivity index (χ1) is 4.88. The molecule has 0 saturated carbocycles. The van der Waals surface area contributed by atoms with E-state index in [1.54, 1.807) is 6.92 Å². The molecule has 0 rings (SSSR count). The number of hydrogen-bond donors (Lipinski definition) is 1. The van der Waals surface area contributed by atoms with E-state index in [-0.39, 0.29) is 13.0 Å². The number of hydrogen-bond acceptors (Lipinski definition) is 3. The first-order valence-corrected chi connectivity index (χ1v) is 5.11. The van der Waals surface area contributed by atoms with Gasteiger partial charge in [-0.05, 0) is 30.0 Å². The highest BCUT2D eigenvalue weighted by Gasteiger charge is 2.22. The van der Waals surface area contributed by atoms with Crippen LogP contribution in [-0.4, -0.2) is 28.7 Å². The molecule has 0 aromatic heterocycles. The van der Waals surface area contributed by atoms with Crippen LogP contribution in [0.5, 0.6) is 0 Å². The van der Waals surface area contributed by atoms with Gasteiger partial charge in [-0.1, -0.05) is 6.92 Å². The van der Waals surface area contributed by atoms with E-state index >= 15 is 0 Å². The van der Waals surface area contributed by atoms with Crippen molar-refractivity contribution in [3.05, 3.63) is 0 Å². The molecule has 0 radical (unpaired) electrons. The lowest BCUT2D eigenvalue weighted by Gasteiger charge is -2.12. The average Bonchev–Trinajstić information content (AvgIpc) is 1.79. The van der Waals surface area contributed by atoms with E-state index in [4.69, 9.17) is 28.1 Å². The molecule has 1 N–H and O–H groups in total. The molecular weight excluding hydrogens is 213 g/mol. The van der Waals surface area contributed by atoms with Crippen molar-refractivity contribution in [2.75, 3.05) is 6.54 Å². The zero-order valence-electron chi connectivity index (χ0n) is 5.87. The van der Waals surface area contributed by atoms with Gasteiger partial charge in [0.1, 0.15) is 5.25 Å². The molecule has 0 aliphatic heterocycles. The number of nitrogens with zero attached hydrogens (tertiary/aromatic N) is 1. The minimum absolute atomic E-state index is 0.0988. The van der Waals surface area contributed by atoms with Crippen molar-refractivity contribution in [2.45, 2.75) is 18.6 Å². The van der Waals surface area contributed by atoms with Gasteiger partial charge < -0.3 is 0 Å². The van der Waals surface area contributed by atoms with Crippen LogP contribution >= 0.6 is 23.6 Å². The Morgan fingerprint density at radius 1 is 1.55 bits per heavy atom. The molecule has 11 heavy (non-hydrogen) atoms. The maximum Gasteiger partial charge on any atom is 0.269 e. The lowest BCUT2D eigenvalue weighted by atomic mass is 10.3. The second-order valence-electron chi connectivity index (χ2n) is 2.03. The Labute approximate surface area is 76.1 Å². The van der Waals surface area contributed by atoms with Crippen molar-refractivity contribution in [1.82, 2.24) is 3.94 Å². The van der Waals surface area contributed by atoms with Crippen molar-refractivity contribution in [3.63, 3.8) is 0 Å². The lowest BCUT2D eigenvalue weighted by Crippen LogP contribution is -2.27. The quantitative estimate of drug-likeness (QED) is 0.574. The van der Waals surface area contributed by atoms with E-state index in [9.17, 15) is 8.42 Å². The van der Waals surface area contributed by atoms with Crippen LogP contribution in [0.15, 0.2) is 0 Å². The molecule has 0 saturated heterocycles. The molecule has 0 fully saturated rings. The van der Waals surface area contributed by atoms with Crippen molar-refractivity contribution in [1.29, 1.82) is 0 Å². The van der Waals surface area contributed by atoms with E-state index in [1.807, 2.05) is 0 Å². The standard InChI is InChI=1S/C4H9Cl2NO3S/c1-2-4(3-7(5)6)11(8,9)10/h4H,2-3H2,1H3,(H,8,9,10). The Hall–Kier alpha value is 0.450. The van der Waals surface area contributed by atoms with E-state index in [2.05, 4.69) is 0 Å². The third-order valence-electron chi connectivity index (χ3n) is 1.22. The molecule has 0 aromatic rings. The SMILES string of the molecule is CCC(CN(Cl)Cl)S(=O)(=O)O. The van der Waals surface area contributed by atoms with E-state index in [0.29, 0.717) is 3.94 Å². The molecule has 68 valence electrons. The van der Waals surface area contributed by atoms with Crippen LogP contribution in [0.25, 0.3) is 0 Å². The fourth-order valence-electron chi connectivity index (χ4n) is 0.588. The van der Waals surface area contributed by atoms with Gasteiger partial charge in [-0.15, -0.1) is 3.94 Å². The highest BCUT2D eigenvalue weighted by atomic mass is 35.5. The first-order valence-electron chi connectivity index (χ1n) is 2.93. The molecule has 0 aromatic carbocycles. The maximum atomic E-state index is 10.5. The van der Waals surface area contributed by atoms with Crippen molar-refractivity contribution < 1.29 is 13.0 Å². The van der Waals surface area contributed by atoms with Crippen LogP contribution in [0.3, 0.4) is 0 Å². The summed E-state index contributed by atoms with van der Waals surface area (Å²) in [5.74, 6) is 0. The Kier molecular flexibility index (Phi) is 4.65. The van der Waals surface area contributed by atoms with Gasteiger partial charge in [-0.2, -0.15) is 8.42 Å². The summed E-state index contributed by atoms with van der Waals surface area (Å²) in [4.78, 5) is 0. The van der Waals surface area contributed by atoms with Gasteiger partial charge in [0, 0.05) is 6.54 Å². The lowest BCUT2D eigenvalue weighted by molar-refractivity contribution is 0.455. The average molecular weight is 222 g/mol. The second kappa shape index (κ2) is 4.47. The summed E-state index contributed by atoms with van der Waals surface area (Å²) in [6.45, 7) is 1.52. The fourth-order valence-corrected chi connectivity index (χ4v) is 1.84. The van der Waals surface area contributed by atoms with Crippen molar-refractivity contribution >= 4 is 33.7 Å². The Balaban J connectivity index is 4.20. The van der Waals surface area contributed by atoms with Crippen molar-refractivity contribution in [2.24, 2.45) is 0 Å². The van der Waals surface area contributed by atoms with Crippen LogP contribution in [0, 0.1) is 0 Å². The molecule has 1 atom stereocenters. The zero-order chi connectivity index (χ0) is 9.07. The Morgan fingerprint density at radius 2 is 2.00 bits per heavy atom. The molecule has 0 aliphatic rings. The maximum absolute atomic E-state index is 10.5. The Bertz CT molecular complexity index is 203. The van der Waals surface area contributed by atoms with E-state index < -0.39 is 15.4 Å². The molecule has 0 aliphatic carbocycles. The molecule has 7 heteroatoms. The molecular formula is C4H9Cl2NO3S. The Morgan fingerprint density at radius 3 is 2.09 bits per heavy atom. The minimum Gasteiger partial charge on any atom is -0.285 e. The summed E-state index contributed by atoms with van der Waals surface area (Å²) in [6.07, 6.45) is 0.273. The van der Waals surface area contributed by atoms with Crippen LogP contribution in [-0.2, 0) is 10.1 Å². The molecule has 1 unspecified atom stereocenters. The number of halogens is 2. The van der Waals surface area contributed by atoms with Crippen LogP contribution in [0.2, 0.25) is 0 Å². The minimum atomic E-state index is -4.02. The van der Waals surface area contributed by atoms with Gasteiger partial charge in [0.05, 0.1) is 0 Å². The summed E-state index contributed by atoms with van der Waals surface area (Å²) >= 11 is 10.4. The summed E-state index contributed by atoms with van der Waals surface area (Å²) in [5.41, 5.74) is 0. The topological polar surface area (TPSA) is 57.6 Å². The highest BCUT2D eigenvalue weighted by Crippen LogP contribution is 2.09. The zero-order valence-corrected chi connectivity index (χ0v) is 8.20. The smallest absolute Gasteiger partial charge is 0.269 e. The summed E-state index contributed by atoms with van der Waals surface area (Å²) in [7, 11) is -4.02. The van der Waals surface area contributed by atoms with Gasteiger partial charge in [0.2, 0.25) is 0 Å². The van der Waals surface area contributed by atoms with Gasteiger partial charge >= 0.3 is 0 Å². The molecule has 0 bridgehead atoms. The second-order valence-corrected chi connectivity index (χ2v) is 4.72. The highest BCUT2D eigenvalue weighted by molar-refractivity contribution is 7.86. The predicted molar refractivity (Wildman–Crippen MR) is 44.0 cm³/mol. The van der Waals surface area contributed by atoms with Gasteiger partial charge in [-0.3, -0.25) is 4.55 Å².